The molecule has 0 spiro atoms. The average molecular weight is 416 g/mol. The molecule has 0 saturated carbocycles. The number of rotatable bonds is 7. The van der Waals surface area contributed by atoms with Gasteiger partial charge in [0, 0.05) is 11.8 Å². The summed E-state index contributed by atoms with van der Waals surface area (Å²) < 4.78 is 5.17. The zero-order chi connectivity index (χ0) is 22.4. The van der Waals surface area contributed by atoms with Gasteiger partial charge in [0.1, 0.15) is 0 Å². The largest absolute Gasteiger partial charge is 0.452 e. The smallest absolute Gasteiger partial charge is 0.331 e. The summed E-state index contributed by atoms with van der Waals surface area (Å²) in [5.41, 5.74) is 3.88. The van der Waals surface area contributed by atoms with Gasteiger partial charge in [-0.2, -0.15) is 0 Å². The number of hydrogen-bond acceptors (Lipinski definition) is 3. The number of hydrogen-bond donors (Lipinski definition) is 1. The van der Waals surface area contributed by atoms with Gasteiger partial charge in [-0.1, -0.05) is 88.4 Å². The molecular weight excluding hydrogens is 386 g/mol. The number of anilines is 1. The maximum Gasteiger partial charge on any atom is 0.331 e. The summed E-state index contributed by atoms with van der Waals surface area (Å²) in [6, 6.07) is 19.9. The summed E-state index contributed by atoms with van der Waals surface area (Å²) in [4.78, 5) is 24.7. The molecule has 3 rings (SSSR count). The molecule has 0 unspecified atom stereocenters. The van der Waals surface area contributed by atoms with Crippen LogP contribution in [-0.4, -0.2) is 18.5 Å². The van der Waals surface area contributed by atoms with Gasteiger partial charge in [0.25, 0.3) is 5.91 Å². The number of amides is 1. The van der Waals surface area contributed by atoms with Crippen LogP contribution in [0.25, 0.3) is 16.8 Å². The van der Waals surface area contributed by atoms with Crippen LogP contribution in [-0.2, 0) is 14.3 Å². The lowest BCUT2D eigenvalue weighted by molar-refractivity contribution is -0.142. The number of carbonyl (C=O) groups is 2. The predicted octanol–water partition coefficient (Wildman–Crippen LogP) is 6.28. The maximum absolute atomic E-state index is 12.5. The molecule has 0 heterocycles. The van der Waals surface area contributed by atoms with Gasteiger partial charge in [0.05, 0.1) is 0 Å². The fourth-order valence-electron chi connectivity index (χ4n) is 3.61. The van der Waals surface area contributed by atoms with E-state index in [2.05, 4.69) is 33.0 Å². The highest BCUT2D eigenvalue weighted by atomic mass is 16.5. The predicted molar refractivity (Wildman–Crippen MR) is 127 cm³/mol. The molecule has 4 heteroatoms. The number of nitrogens with one attached hydrogen (secondary N) is 1. The molecule has 1 amide bonds. The van der Waals surface area contributed by atoms with Gasteiger partial charge >= 0.3 is 5.97 Å². The first-order chi connectivity index (χ1) is 14.9. The van der Waals surface area contributed by atoms with E-state index in [0.29, 0.717) is 0 Å². The van der Waals surface area contributed by atoms with E-state index in [1.54, 1.807) is 6.08 Å². The third kappa shape index (κ3) is 5.60. The van der Waals surface area contributed by atoms with Crippen molar-refractivity contribution in [3.8, 4) is 0 Å². The SMILES string of the molecule is CC(C)c1cccc(C(C)C)c1NC(=O)COC(=O)/C=C/c1cccc2ccccc12. The summed E-state index contributed by atoms with van der Waals surface area (Å²) in [6.45, 7) is 8.03. The van der Waals surface area contributed by atoms with Crippen LogP contribution in [0.2, 0.25) is 0 Å². The summed E-state index contributed by atoms with van der Waals surface area (Å²) in [5, 5.41) is 5.11. The van der Waals surface area contributed by atoms with Gasteiger partial charge in [-0.25, -0.2) is 4.79 Å². The third-order valence-electron chi connectivity index (χ3n) is 5.21. The van der Waals surface area contributed by atoms with Gasteiger partial charge in [-0.3, -0.25) is 4.79 Å². The molecular formula is C27H29NO3. The summed E-state index contributed by atoms with van der Waals surface area (Å²) in [6.07, 6.45) is 3.07. The molecule has 0 saturated heterocycles. The Labute approximate surface area is 183 Å². The van der Waals surface area contributed by atoms with Crippen LogP contribution in [0.3, 0.4) is 0 Å². The van der Waals surface area contributed by atoms with Gasteiger partial charge in [-0.05, 0) is 45.4 Å². The van der Waals surface area contributed by atoms with Crippen molar-refractivity contribution >= 4 is 34.4 Å². The monoisotopic (exact) mass is 415 g/mol. The summed E-state index contributed by atoms with van der Waals surface area (Å²) in [7, 11) is 0. The molecule has 31 heavy (non-hydrogen) atoms. The fraction of sp³-hybridized carbons (Fsp3) is 0.259. The van der Waals surface area contributed by atoms with Crippen LogP contribution in [0.1, 0.15) is 56.2 Å². The molecule has 1 N–H and O–H groups in total. The van der Waals surface area contributed by atoms with E-state index in [0.717, 1.165) is 33.2 Å². The van der Waals surface area contributed by atoms with Crippen LogP contribution >= 0.6 is 0 Å². The summed E-state index contributed by atoms with van der Waals surface area (Å²) in [5.74, 6) is -0.369. The Bertz CT molecular complexity index is 1080. The Hall–Kier alpha value is -3.40. The number of esters is 1. The van der Waals surface area contributed by atoms with E-state index < -0.39 is 5.97 Å². The first-order valence-corrected chi connectivity index (χ1v) is 10.6. The molecule has 160 valence electrons. The lowest BCUT2D eigenvalue weighted by Gasteiger charge is -2.20. The third-order valence-corrected chi connectivity index (χ3v) is 5.21. The van der Waals surface area contributed by atoms with Crippen molar-refractivity contribution in [2.75, 3.05) is 11.9 Å². The molecule has 0 bridgehead atoms. The first-order valence-electron chi connectivity index (χ1n) is 10.6. The van der Waals surface area contributed by atoms with E-state index in [-0.39, 0.29) is 24.3 Å². The van der Waals surface area contributed by atoms with Gasteiger partial charge < -0.3 is 10.1 Å². The highest BCUT2D eigenvalue weighted by molar-refractivity contribution is 5.97. The van der Waals surface area contributed by atoms with Crippen molar-refractivity contribution in [1.29, 1.82) is 0 Å². The van der Waals surface area contributed by atoms with Crippen molar-refractivity contribution in [1.82, 2.24) is 0 Å². The second kappa shape index (κ2) is 10.1. The van der Waals surface area contributed by atoms with Crippen molar-refractivity contribution in [2.24, 2.45) is 0 Å². The van der Waals surface area contributed by atoms with Crippen LogP contribution in [0.15, 0.2) is 66.7 Å². The van der Waals surface area contributed by atoms with E-state index in [4.69, 9.17) is 4.74 Å². The van der Waals surface area contributed by atoms with Crippen LogP contribution < -0.4 is 5.32 Å². The minimum absolute atomic E-state index is 0.264. The van der Waals surface area contributed by atoms with Gasteiger partial charge in [-0.15, -0.1) is 0 Å². The Morgan fingerprint density at radius 3 is 2.16 bits per heavy atom. The Kier molecular flexibility index (Phi) is 7.24. The highest BCUT2D eigenvalue weighted by Gasteiger charge is 2.16. The van der Waals surface area contributed by atoms with Crippen molar-refractivity contribution in [2.45, 2.75) is 39.5 Å². The zero-order valence-electron chi connectivity index (χ0n) is 18.5. The topological polar surface area (TPSA) is 55.4 Å². The average Bonchev–Trinajstić information content (AvgIpc) is 2.76. The van der Waals surface area contributed by atoms with Crippen LogP contribution in [0, 0.1) is 0 Å². The molecule has 3 aromatic carbocycles. The van der Waals surface area contributed by atoms with Crippen LogP contribution in [0.4, 0.5) is 5.69 Å². The molecule has 0 aliphatic carbocycles. The Morgan fingerprint density at radius 2 is 1.48 bits per heavy atom. The molecule has 4 nitrogen and oxygen atoms in total. The van der Waals surface area contributed by atoms with Crippen molar-refractivity contribution < 1.29 is 14.3 Å². The number of benzene rings is 3. The van der Waals surface area contributed by atoms with E-state index in [1.165, 1.54) is 6.08 Å². The lowest BCUT2D eigenvalue weighted by atomic mass is 9.92. The second-order valence-corrected chi connectivity index (χ2v) is 8.18. The van der Waals surface area contributed by atoms with Gasteiger partial charge in [0.15, 0.2) is 6.61 Å². The molecule has 0 fully saturated rings. The zero-order valence-corrected chi connectivity index (χ0v) is 18.5. The maximum atomic E-state index is 12.5. The number of fused-ring (bicyclic) bond motifs is 1. The first kappa shape index (κ1) is 22.3. The second-order valence-electron chi connectivity index (χ2n) is 8.18. The molecule has 0 aliphatic rings. The molecule has 0 atom stereocenters. The highest BCUT2D eigenvalue weighted by Crippen LogP contribution is 2.32. The van der Waals surface area contributed by atoms with E-state index in [9.17, 15) is 9.59 Å². The number of para-hydroxylation sites is 1. The molecule has 0 aromatic heterocycles. The number of carbonyl (C=O) groups excluding carboxylic acids is 2. The Balaban J connectivity index is 1.65. The van der Waals surface area contributed by atoms with Crippen LogP contribution in [0.5, 0.6) is 0 Å². The quantitative estimate of drug-likeness (QED) is 0.365. The number of ether oxygens (including phenoxy) is 1. The minimum atomic E-state index is -0.552. The summed E-state index contributed by atoms with van der Waals surface area (Å²) >= 11 is 0. The molecule has 0 aliphatic heterocycles. The Morgan fingerprint density at radius 1 is 0.871 bits per heavy atom. The van der Waals surface area contributed by atoms with E-state index in [1.807, 2.05) is 60.7 Å². The van der Waals surface area contributed by atoms with Crippen molar-refractivity contribution in [3.05, 3.63) is 83.4 Å². The molecule has 3 aromatic rings. The van der Waals surface area contributed by atoms with E-state index >= 15 is 0 Å². The van der Waals surface area contributed by atoms with Crippen molar-refractivity contribution in [3.63, 3.8) is 0 Å². The minimum Gasteiger partial charge on any atom is -0.452 e. The standard InChI is InChI=1S/C27H29NO3/c1-18(2)22-13-8-14-23(19(3)4)27(22)28-25(29)17-31-26(30)16-15-21-11-7-10-20-9-5-6-12-24(20)21/h5-16,18-19H,17H2,1-4H3,(H,28,29)/b16-15+. The fourth-order valence-corrected chi connectivity index (χ4v) is 3.61. The molecule has 0 radical (unpaired) electrons. The van der Waals surface area contributed by atoms with Gasteiger partial charge in [0.2, 0.25) is 0 Å². The lowest BCUT2D eigenvalue weighted by Crippen LogP contribution is -2.22. The normalized spacial score (nSPS) is 11.4.